The number of nitrogens with one attached hydrogen (secondary N) is 1. The Morgan fingerprint density at radius 2 is 2.36 bits per heavy atom. The molecule has 0 aliphatic heterocycles. The van der Waals surface area contributed by atoms with Crippen molar-refractivity contribution in [2.75, 3.05) is 7.05 Å². The summed E-state index contributed by atoms with van der Waals surface area (Å²) in [5.41, 5.74) is 0. The van der Waals surface area contributed by atoms with E-state index in [1.54, 1.807) is 11.3 Å². The van der Waals surface area contributed by atoms with Crippen molar-refractivity contribution in [1.82, 2.24) is 5.32 Å². The van der Waals surface area contributed by atoms with E-state index in [0.29, 0.717) is 6.04 Å². The highest BCUT2D eigenvalue weighted by atomic mass is 79.9. The lowest BCUT2D eigenvalue weighted by molar-refractivity contribution is 0.242. The molecule has 14 heavy (non-hydrogen) atoms. The first-order valence-corrected chi connectivity index (χ1v) is 6.83. The summed E-state index contributed by atoms with van der Waals surface area (Å²) < 4.78 is 1.89. The van der Waals surface area contributed by atoms with Crippen LogP contribution in [0.4, 0.5) is 0 Å². The van der Waals surface area contributed by atoms with Gasteiger partial charge in [-0.25, -0.2) is 0 Å². The zero-order chi connectivity index (χ0) is 10.1. The van der Waals surface area contributed by atoms with E-state index in [4.69, 9.17) is 11.6 Å². The molecule has 0 spiro atoms. The SMILES string of the molecule is CNC(c1cc(Br)c(Cl)s1)C1CCC1. The quantitative estimate of drug-likeness (QED) is 0.880. The Labute approximate surface area is 102 Å². The van der Waals surface area contributed by atoms with E-state index in [0.717, 1.165) is 14.7 Å². The van der Waals surface area contributed by atoms with Crippen molar-refractivity contribution in [3.8, 4) is 0 Å². The number of thiophene rings is 1. The van der Waals surface area contributed by atoms with Crippen LogP contribution in [0.15, 0.2) is 10.5 Å². The van der Waals surface area contributed by atoms with Crippen LogP contribution in [0.1, 0.15) is 30.2 Å². The summed E-state index contributed by atoms with van der Waals surface area (Å²) in [5.74, 6) is 0.807. The van der Waals surface area contributed by atoms with Gasteiger partial charge in [0.25, 0.3) is 0 Å². The highest BCUT2D eigenvalue weighted by Crippen LogP contribution is 2.42. The smallest absolute Gasteiger partial charge is 0.107 e. The maximum absolute atomic E-state index is 6.04. The Morgan fingerprint density at radius 3 is 2.71 bits per heavy atom. The largest absolute Gasteiger partial charge is 0.312 e. The number of hydrogen-bond acceptors (Lipinski definition) is 2. The fourth-order valence-electron chi connectivity index (χ4n) is 1.90. The number of rotatable bonds is 3. The molecular formula is C10H13BrClNS. The van der Waals surface area contributed by atoms with Crippen molar-refractivity contribution in [2.24, 2.45) is 5.92 Å². The molecule has 1 atom stereocenters. The molecule has 0 radical (unpaired) electrons. The summed E-state index contributed by atoms with van der Waals surface area (Å²) in [6.07, 6.45) is 4.07. The predicted octanol–water partition coefficient (Wildman–Crippen LogP) is 4.22. The van der Waals surface area contributed by atoms with Gasteiger partial charge in [-0.05, 0) is 47.8 Å². The number of halogens is 2. The van der Waals surface area contributed by atoms with Crippen molar-refractivity contribution in [1.29, 1.82) is 0 Å². The first-order chi connectivity index (χ1) is 6.72. The molecular weight excluding hydrogens is 282 g/mol. The lowest BCUT2D eigenvalue weighted by Crippen LogP contribution is -2.28. The molecule has 1 N–H and O–H groups in total. The summed E-state index contributed by atoms with van der Waals surface area (Å²) in [5, 5.41) is 3.39. The van der Waals surface area contributed by atoms with E-state index in [2.05, 4.69) is 27.3 Å². The molecule has 1 nitrogen and oxygen atoms in total. The molecule has 4 heteroatoms. The van der Waals surface area contributed by atoms with Crippen LogP contribution >= 0.6 is 38.9 Å². The van der Waals surface area contributed by atoms with E-state index in [1.165, 1.54) is 24.1 Å². The van der Waals surface area contributed by atoms with Crippen LogP contribution in [-0.4, -0.2) is 7.05 Å². The Bertz CT molecular complexity index is 302. The minimum Gasteiger partial charge on any atom is -0.312 e. The third-order valence-corrected chi connectivity index (χ3v) is 5.46. The summed E-state index contributed by atoms with van der Waals surface area (Å²) >= 11 is 11.2. The van der Waals surface area contributed by atoms with Gasteiger partial charge in [0.05, 0.1) is 0 Å². The lowest BCUT2D eigenvalue weighted by Gasteiger charge is -2.32. The van der Waals surface area contributed by atoms with E-state index < -0.39 is 0 Å². The molecule has 0 aromatic carbocycles. The summed E-state index contributed by atoms with van der Waals surface area (Å²) in [4.78, 5) is 1.36. The van der Waals surface area contributed by atoms with Crippen LogP contribution in [0.3, 0.4) is 0 Å². The topological polar surface area (TPSA) is 12.0 Å². The van der Waals surface area contributed by atoms with Crippen LogP contribution in [0.2, 0.25) is 4.34 Å². The normalized spacial score (nSPS) is 19.4. The van der Waals surface area contributed by atoms with Gasteiger partial charge in [0.2, 0.25) is 0 Å². The van der Waals surface area contributed by atoms with Gasteiger partial charge in [-0.2, -0.15) is 0 Å². The van der Waals surface area contributed by atoms with Gasteiger partial charge in [0.15, 0.2) is 0 Å². The fraction of sp³-hybridized carbons (Fsp3) is 0.600. The predicted molar refractivity (Wildman–Crippen MR) is 66.2 cm³/mol. The van der Waals surface area contributed by atoms with E-state index in [1.807, 2.05) is 7.05 Å². The van der Waals surface area contributed by atoms with Crippen LogP contribution in [-0.2, 0) is 0 Å². The van der Waals surface area contributed by atoms with E-state index >= 15 is 0 Å². The van der Waals surface area contributed by atoms with Crippen LogP contribution in [0, 0.1) is 5.92 Å². The maximum atomic E-state index is 6.04. The van der Waals surface area contributed by atoms with Gasteiger partial charge < -0.3 is 5.32 Å². The van der Waals surface area contributed by atoms with Gasteiger partial charge in [0.1, 0.15) is 4.34 Å². The van der Waals surface area contributed by atoms with Gasteiger partial charge >= 0.3 is 0 Å². The summed E-state index contributed by atoms with van der Waals surface area (Å²) in [6, 6.07) is 2.64. The Morgan fingerprint density at radius 1 is 1.64 bits per heavy atom. The Balaban J connectivity index is 2.17. The highest BCUT2D eigenvalue weighted by Gasteiger charge is 2.28. The maximum Gasteiger partial charge on any atom is 0.107 e. The van der Waals surface area contributed by atoms with Crippen molar-refractivity contribution >= 4 is 38.9 Å². The molecule has 1 aliphatic carbocycles. The molecule has 0 amide bonds. The monoisotopic (exact) mass is 293 g/mol. The summed E-state index contributed by atoms with van der Waals surface area (Å²) in [6.45, 7) is 0. The zero-order valence-corrected chi connectivity index (χ0v) is 11.2. The third kappa shape index (κ3) is 2.01. The van der Waals surface area contributed by atoms with Crippen molar-refractivity contribution in [3.63, 3.8) is 0 Å². The number of hydrogen-bond donors (Lipinski definition) is 1. The fourth-order valence-corrected chi connectivity index (χ4v) is 3.84. The molecule has 0 saturated heterocycles. The molecule has 1 aromatic heterocycles. The molecule has 0 bridgehead atoms. The van der Waals surface area contributed by atoms with Gasteiger partial charge in [-0.3, -0.25) is 0 Å². The average Bonchev–Trinajstić information content (AvgIpc) is 2.39. The van der Waals surface area contributed by atoms with E-state index in [9.17, 15) is 0 Å². The van der Waals surface area contributed by atoms with Gasteiger partial charge in [-0.15, -0.1) is 11.3 Å². The van der Waals surface area contributed by atoms with E-state index in [-0.39, 0.29) is 0 Å². The second-order valence-electron chi connectivity index (χ2n) is 3.73. The van der Waals surface area contributed by atoms with Crippen LogP contribution in [0.5, 0.6) is 0 Å². The lowest BCUT2D eigenvalue weighted by atomic mass is 9.79. The molecule has 1 unspecified atom stereocenters. The summed E-state index contributed by atoms with van der Waals surface area (Å²) in [7, 11) is 2.03. The van der Waals surface area contributed by atoms with Crippen LogP contribution < -0.4 is 5.32 Å². The van der Waals surface area contributed by atoms with Crippen LogP contribution in [0.25, 0.3) is 0 Å². The van der Waals surface area contributed by atoms with Crippen molar-refractivity contribution < 1.29 is 0 Å². The highest BCUT2D eigenvalue weighted by molar-refractivity contribution is 9.10. The molecule has 1 saturated carbocycles. The first-order valence-electron chi connectivity index (χ1n) is 4.84. The standard InChI is InChI=1S/C10H13BrClNS/c1-13-9(6-3-2-4-6)8-5-7(11)10(12)14-8/h5-6,9,13H,2-4H2,1H3. The molecule has 1 fully saturated rings. The second-order valence-corrected chi connectivity index (χ2v) is 6.27. The molecule has 78 valence electrons. The van der Waals surface area contributed by atoms with Crippen molar-refractivity contribution in [2.45, 2.75) is 25.3 Å². The van der Waals surface area contributed by atoms with Crippen molar-refractivity contribution in [3.05, 3.63) is 19.8 Å². The second kappa shape index (κ2) is 4.52. The van der Waals surface area contributed by atoms with Gasteiger partial charge in [0, 0.05) is 15.4 Å². The minimum atomic E-state index is 0.498. The molecule has 1 aromatic rings. The Kier molecular flexibility index (Phi) is 3.53. The van der Waals surface area contributed by atoms with Gasteiger partial charge in [-0.1, -0.05) is 18.0 Å². The molecule has 1 heterocycles. The minimum absolute atomic E-state index is 0.498. The molecule has 1 aliphatic rings. The Hall–Kier alpha value is 0.430. The third-order valence-electron chi connectivity index (χ3n) is 2.90. The first kappa shape index (κ1) is 10.9. The zero-order valence-electron chi connectivity index (χ0n) is 8.02. The average molecular weight is 295 g/mol. The molecule has 2 rings (SSSR count).